The first-order valence-electron chi connectivity index (χ1n) is 5.62. The monoisotopic (exact) mass is 183 g/mol. The Morgan fingerprint density at radius 3 is 2.46 bits per heavy atom. The van der Waals surface area contributed by atoms with Gasteiger partial charge in [0, 0.05) is 13.2 Å². The van der Waals surface area contributed by atoms with Gasteiger partial charge in [-0.15, -0.1) is 0 Å². The van der Waals surface area contributed by atoms with Crippen LogP contribution in [0.15, 0.2) is 0 Å². The Kier molecular flexibility index (Phi) is 3.23. The van der Waals surface area contributed by atoms with Crippen molar-refractivity contribution in [2.24, 2.45) is 17.8 Å². The zero-order valence-electron chi connectivity index (χ0n) is 8.59. The van der Waals surface area contributed by atoms with E-state index in [4.69, 9.17) is 4.74 Å². The highest BCUT2D eigenvalue weighted by atomic mass is 16.5. The zero-order valence-corrected chi connectivity index (χ0v) is 8.59. The fourth-order valence-electron chi connectivity index (χ4n) is 2.81. The predicted octanol–water partition coefficient (Wildman–Crippen LogP) is 1.66. The molecule has 0 spiro atoms. The van der Waals surface area contributed by atoms with Crippen molar-refractivity contribution in [2.45, 2.75) is 25.7 Å². The molecule has 0 unspecified atom stereocenters. The van der Waals surface area contributed by atoms with Gasteiger partial charge in [0.1, 0.15) is 0 Å². The van der Waals surface area contributed by atoms with Crippen LogP contribution in [0.2, 0.25) is 0 Å². The summed E-state index contributed by atoms with van der Waals surface area (Å²) in [6.45, 7) is 3.25. The molecule has 0 aromatic heterocycles. The van der Waals surface area contributed by atoms with E-state index in [2.05, 4.69) is 12.4 Å². The summed E-state index contributed by atoms with van der Waals surface area (Å²) >= 11 is 0. The van der Waals surface area contributed by atoms with Crippen LogP contribution in [-0.4, -0.2) is 26.8 Å². The Balaban J connectivity index is 1.66. The molecule has 0 radical (unpaired) electrons. The van der Waals surface area contributed by atoms with Crippen LogP contribution in [-0.2, 0) is 4.74 Å². The number of nitrogens with one attached hydrogen (secondary N) is 1. The molecule has 2 rings (SSSR count). The van der Waals surface area contributed by atoms with Gasteiger partial charge in [0.2, 0.25) is 0 Å². The largest absolute Gasteiger partial charge is 0.381 e. The van der Waals surface area contributed by atoms with Crippen molar-refractivity contribution < 1.29 is 4.74 Å². The normalized spacial score (nSPS) is 35.8. The number of ether oxygens (including phenoxy) is 1. The first-order chi connectivity index (χ1) is 6.40. The lowest BCUT2D eigenvalue weighted by molar-refractivity contribution is 0.0130. The van der Waals surface area contributed by atoms with Crippen LogP contribution in [0.3, 0.4) is 0 Å². The smallest absolute Gasteiger partial charge is 0.0468 e. The van der Waals surface area contributed by atoms with E-state index in [9.17, 15) is 0 Å². The third-order valence-corrected chi connectivity index (χ3v) is 3.70. The standard InChI is InChI=1S/C11H21NO/c1-12-8-9-6-11(7-9)10-2-4-13-5-3-10/h9-12H,2-8H2,1H3. The summed E-state index contributed by atoms with van der Waals surface area (Å²) in [6, 6.07) is 0. The molecular weight excluding hydrogens is 162 g/mol. The van der Waals surface area contributed by atoms with E-state index in [0.29, 0.717) is 0 Å². The molecule has 0 bridgehead atoms. The van der Waals surface area contributed by atoms with Crippen molar-refractivity contribution in [2.75, 3.05) is 26.8 Å². The van der Waals surface area contributed by atoms with E-state index in [1.165, 1.54) is 32.2 Å². The minimum atomic E-state index is 0.970. The predicted molar refractivity (Wildman–Crippen MR) is 53.7 cm³/mol. The van der Waals surface area contributed by atoms with E-state index in [1.54, 1.807) is 0 Å². The van der Waals surface area contributed by atoms with Gasteiger partial charge in [0.15, 0.2) is 0 Å². The SMILES string of the molecule is CNCC1CC(C2CCOCC2)C1. The summed E-state index contributed by atoms with van der Waals surface area (Å²) in [5.41, 5.74) is 0. The Morgan fingerprint density at radius 1 is 1.15 bits per heavy atom. The second-order valence-electron chi connectivity index (χ2n) is 4.60. The summed E-state index contributed by atoms with van der Waals surface area (Å²) < 4.78 is 5.38. The van der Waals surface area contributed by atoms with Crippen LogP contribution < -0.4 is 5.32 Å². The van der Waals surface area contributed by atoms with E-state index in [1.807, 2.05) is 0 Å². The third-order valence-electron chi connectivity index (χ3n) is 3.70. The molecule has 13 heavy (non-hydrogen) atoms. The minimum Gasteiger partial charge on any atom is -0.381 e. The molecule has 76 valence electrons. The van der Waals surface area contributed by atoms with Crippen LogP contribution in [0, 0.1) is 17.8 Å². The summed E-state index contributed by atoms with van der Waals surface area (Å²) in [4.78, 5) is 0. The molecule has 1 aliphatic carbocycles. The summed E-state index contributed by atoms with van der Waals surface area (Å²) in [7, 11) is 2.06. The van der Waals surface area contributed by atoms with Crippen LogP contribution in [0.1, 0.15) is 25.7 Å². The first kappa shape index (κ1) is 9.47. The van der Waals surface area contributed by atoms with Crippen LogP contribution in [0.25, 0.3) is 0 Å². The molecule has 2 nitrogen and oxygen atoms in total. The lowest BCUT2D eigenvalue weighted by Crippen LogP contribution is -2.37. The van der Waals surface area contributed by atoms with E-state index >= 15 is 0 Å². The fraction of sp³-hybridized carbons (Fsp3) is 1.00. The molecule has 1 saturated carbocycles. The maximum atomic E-state index is 5.38. The average Bonchev–Trinajstić information content (AvgIpc) is 2.12. The average molecular weight is 183 g/mol. The van der Waals surface area contributed by atoms with Gasteiger partial charge in [-0.2, -0.15) is 0 Å². The van der Waals surface area contributed by atoms with Crippen LogP contribution in [0.5, 0.6) is 0 Å². The Morgan fingerprint density at radius 2 is 1.85 bits per heavy atom. The number of hydrogen-bond acceptors (Lipinski definition) is 2. The second kappa shape index (κ2) is 4.43. The maximum Gasteiger partial charge on any atom is 0.0468 e. The molecule has 1 N–H and O–H groups in total. The summed E-state index contributed by atoms with van der Waals surface area (Å²) in [5, 5.41) is 3.27. The Labute approximate surface area is 81.0 Å². The van der Waals surface area contributed by atoms with Crippen LogP contribution >= 0.6 is 0 Å². The molecule has 0 atom stereocenters. The van der Waals surface area contributed by atoms with Crippen molar-refractivity contribution in [1.82, 2.24) is 5.32 Å². The van der Waals surface area contributed by atoms with Gasteiger partial charge in [0.25, 0.3) is 0 Å². The minimum absolute atomic E-state index is 0.970. The molecule has 1 saturated heterocycles. The highest BCUT2D eigenvalue weighted by molar-refractivity contribution is 4.86. The molecule has 1 heterocycles. The van der Waals surface area contributed by atoms with E-state index < -0.39 is 0 Å². The van der Waals surface area contributed by atoms with Crippen molar-refractivity contribution >= 4 is 0 Å². The quantitative estimate of drug-likeness (QED) is 0.718. The van der Waals surface area contributed by atoms with Gasteiger partial charge in [-0.3, -0.25) is 0 Å². The molecule has 0 aromatic rings. The summed E-state index contributed by atoms with van der Waals surface area (Å²) in [5.74, 6) is 2.99. The highest BCUT2D eigenvalue weighted by Crippen LogP contribution is 2.42. The van der Waals surface area contributed by atoms with Gasteiger partial charge in [-0.25, -0.2) is 0 Å². The molecule has 2 fully saturated rings. The lowest BCUT2D eigenvalue weighted by atomic mass is 9.66. The lowest BCUT2D eigenvalue weighted by Gasteiger charge is -2.42. The number of rotatable bonds is 3. The molecule has 2 aliphatic rings. The zero-order chi connectivity index (χ0) is 9.10. The van der Waals surface area contributed by atoms with Gasteiger partial charge in [-0.1, -0.05) is 0 Å². The Hall–Kier alpha value is -0.0800. The van der Waals surface area contributed by atoms with Gasteiger partial charge in [-0.05, 0) is 57.0 Å². The van der Waals surface area contributed by atoms with Gasteiger partial charge < -0.3 is 10.1 Å². The second-order valence-corrected chi connectivity index (χ2v) is 4.60. The van der Waals surface area contributed by atoms with Crippen molar-refractivity contribution in [3.63, 3.8) is 0 Å². The van der Waals surface area contributed by atoms with Crippen LogP contribution in [0.4, 0.5) is 0 Å². The van der Waals surface area contributed by atoms with E-state index in [0.717, 1.165) is 31.0 Å². The molecule has 2 heteroatoms. The van der Waals surface area contributed by atoms with Crippen molar-refractivity contribution in [1.29, 1.82) is 0 Å². The fourth-order valence-corrected chi connectivity index (χ4v) is 2.81. The molecular formula is C11H21NO. The molecule has 0 amide bonds. The highest BCUT2D eigenvalue weighted by Gasteiger charge is 2.34. The topological polar surface area (TPSA) is 21.3 Å². The van der Waals surface area contributed by atoms with Crippen molar-refractivity contribution in [3.05, 3.63) is 0 Å². The molecule has 1 aliphatic heterocycles. The maximum absolute atomic E-state index is 5.38. The Bertz CT molecular complexity index is 148. The number of hydrogen-bond donors (Lipinski definition) is 1. The third kappa shape index (κ3) is 2.23. The molecule has 0 aromatic carbocycles. The first-order valence-corrected chi connectivity index (χ1v) is 5.62. The van der Waals surface area contributed by atoms with Gasteiger partial charge in [0.05, 0.1) is 0 Å². The van der Waals surface area contributed by atoms with Crippen molar-refractivity contribution in [3.8, 4) is 0 Å². The van der Waals surface area contributed by atoms with E-state index in [-0.39, 0.29) is 0 Å². The van der Waals surface area contributed by atoms with Gasteiger partial charge >= 0.3 is 0 Å². The summed E-state index contributed by atoms with van der Waals surface area (Å²) in [6.07, 6.45) is 5.56.